The summed E-state index contributed by atoms with van der Waals surface area (Å²) in [5.41, 5.74) is 5.59. The highest BCUT2D eigenvalue weighted by Crippen LogP contribution is 2.14. The van der Waals surface area contributed by atoms with Crippen LogP contribution in [0.25, 0.3) is 0 Å². The Hall–Kier alpha value is -0.940. The van der Waals surface area contributed by atoms with Gasteiger partial charge in [0.1, 0.15) is 16.8 Å². The van der Waals surface area contributed by atoms with Crippen molar-refractivity contribution in [1.82, 2.24) is 0 Å². The normalized spacial score (nSPS) is 12.9. The Morgan fingerprint density at radius 1 is 1.45 bits per heavy atom. The lowest BCUT2D eigenvalue weighted by molar-refractivity contribution is 0.623. The Bertz CT molecular complexity index is 303. The van der Waals surface area contributed by atoms with Gasteiger partial charge in [-0.05, 0) is 18.2 Å². The van der Waals surface area contributed by atoms with Gasteiger partial charge < -0.3 is 5.73 Å². The van der Waals surface area contributed by atoms with E-state index >= 15 is 0 Å². The van der Waals surface area contributed by atoms with Crippen LogP contribution in [0.3, 0.4) is 0 Å². The van der Waals surface area contributed by atoms with E-state index in [1.807, 2.05) is 0 Å². The molecule has 0 fully saturated rings. The van der Waals surface area contributed by atoms with Crippen molar-refractivity contribution in [3.05, 3.63) is 24.0 Å². The van der Waals surface area contributed by atoms with Gasteiger partial charge in [0.05, 0.1) is 4.90 Å². The van der Waals surface area contributed by atoms with E-state index in [0.29, 0.717) is 0 Å². The number of hydrogen-bond acceptors (Lipinski definition) is 2. The molecule has 0 radical (unpaired) electrons. The monoisotopic (exact) mass is 174 g/mol. The van der Waals surface area contributed by atoms with Crippen molar-refractivity contribution in [3.63, 3.8) is 0 Å². The summed E-state index contributed by atoms with van der Waals surface area (Å²) in [6, 6.07) is 3.58. The largest absolute Gasteiger partial charge is 0.398 e. The lowest BCUT2D eigenvalue weighted by Crippen LogP contribution is -2.06. The van der Waals surface area contributed by atoms with Crippen LogP contribution >= 0.6 is 0 Å². The number of hydrogen-bond donors (Lipinski definition) is 2. The van der Waals surface area contributed by atoms with E-state index in [2.05, 4.69) is 0 Å². The molecule has 4 N–H and O–H groups in total. The molecule has 0 aromatic heterocycles. The molecule has 0 saturated heterocycles. The molecule has 1 unspecified atom stereocenters. The molecular weight excluding hydrogens is 167 g/mol. The number of halogens is 1. The minimum Gasteiger partial charge on any atom is -0.398 e. The maximum atomic E-state index is 12.5. The van der Waals surface area contributed by atoms with Crippen LogP contribution in [0, 0.1) is 5.82 Å². The third-order valence-electron chi connectivity index (χ3n) is 1.19. The lowest BCUT2D eigenvalue weighted by Gasteiger charge is -1.99. The van der Waals surface area contributed by atoms with Gasteiger partial charge in [0.2, 0.25) is 0 Å². The molecule has 1 aromatic rings. The van der Waals surface area contributed by atoms with Gasteiger partial charge in [0.15, 0.2) is 0 Å². The minimum atomic E-state index is -1.72. The topological polar surface area (TPSA) is 69.1 Å². The van der Waals surface area contributed by atoms with Crippen molar-refractivity contribution >= 4 is 16.7 Å². The summed E-state index contributed by atoms with van der Waals surface area (Å²) in [5.74, 6) is -0.493. The average Bonchev–Trinajstić information content (AvgIpc) is 1.94. The summed E-state index contributed by atoms with van der Waals surface area (Å²) in [6.45, 7) is 0. The van der Waals surface area contributed by atoms with Crippen molar-refractivity contribution in [2.45, 2.75) is 4.90 Å². The van der Waals surface area contributed by atoms with Crippen molar-refractivity contribution in [1.29, 1.82) is 0 Å². The van der Waals surface area contributed by atoms with E-state index in [1.165, 1.54) is 12.1 Å². The molecule has 1 atom stereocenters. The Labute approximate surface area is 65.8 Å². The Kier molecular flexibility index (Phi) is 2.21. The Morgan fingerprint density at radius 3 is 2.55 bits per heavy atom. The van der Waals surface area contributed by atoms with Gasteiger partial charge in [-0.2, -0.15) is 0 Å². The second-order valence-electron chi connectivity index (χ2n) is 1.98. The number of rotatable bonds is 1. The Morgan fingerprint density at radius 2 is 2.09 bits per heavy atom. The molecule has 11 heavy (non-hydrogen) atoms. The van der Waals surface area contributed by atoms with Gasteiger partial charge >= 0.3 is 0 Å². The van der Waals surface area contributed by atoms with Crippen molar-refractivity contribution < 1.29 is 8.60 Å². The first-order chi connectivity index (χ1) is 5.11. The molecular formula is C6H7FN2OS. The van der Waals surface area contributed by atoms with Crippen LogP contribution in [-0.4, -0.2) is 4.21 Å². The number of nitrogen functional groups attached to an aromatic ring is 1. The minimum absolute atomic E-state index is 0.130. The van der Waals surface area contributed by atoms with Crippen LogP contribution < -0.4 is 10.9 Å². The van der Waals surface area contributed by atoms with Crippen LogP contribution in [0.5, 0.6) is 0 Å². The first kappa shape index (κ1) is 8.16. The average molecular weight is 174 g/mol. The summed E-state index contributed by atoms with van der Waals surface area (Å²) in [4.78, 5) is 0.130. The second kappa shape index (κ2) is 2.98. The summed E-state index contributed by atoms with van der Waals surface area (Å²) >= 11 is 0. The van der Waals surface area contributed by atoms with E-state index in [-0.39, 0.29) is 10.6 Å². The van der Waals surface area contributed by atoms with Crippen molar-refractivity contribution in [2.75, 3.05) is 5.73 Å². The van der Waals surface area contributed by atoms with Crippen molar-refractivity contribution in [3.8, 4) is 0 Å². The fourth-order valence-corrected chi connectivity index (χ4v) is 1.21. The van der Waals surface area contributed by atoms with E-state index in [1.54, 1.807) is 0 Å². The van der Waals surface area contributed by atoms with Crippen molar-refractivity contribution in [2.24, 2.45) is 5.14 Å². The van der Waals surface area contributed by atoms with Crippen LogP contribution in [0.4, 0.5) is 10.1 Å². The van der Waals surface area contributed by atoms with E-state index < -0.39 is 16.8 Å². The van der Waals surface area contributed by atoms with Gasteiger partial charge in [0.25, 0.3) is 0 Å². The standard InChI is InChI=1S/C6H7FN2OS/c7-4-1-2-5(8)6(3-4)11(9)10/h1-3H,8-9H2. The number of anilines is 1. The molecule has 0 amide bonds. The lowest BCUT2D eigenvalue weighted by atomic mass is 10.3. The third-order valence-corrected chi connectivity index (χ3v) is 1.98. The van der Waals surface area contributed by atoms with Gasteiger partial charge in [0, 0.05) is 5.69 Å². The molecule has 0 aliphatic carbocycles. The van der Waals surface area contributed by atoms with Crippen LogP contribution in [0.1, 0.15) is 0 Å². The molecule has 1 rings (SSSR count). The highest BCUT2D eigenvalue weighted by molar-refractivity contribution is 7.82. The molecule has 0 heterocycles. The molecule has 1 aromatic carbocycles. The highest BCUT2D eigenvalue weighted by atomic mass is 32.2. The molecule has 3 nitrogen and oxygen atoms in total. The zero-order valence-corrected chi connectivity index (χ0v) is 6.40. The number of benzene rings is 1. The first-order valence-electron chi connectivity index (χ1n) is 2.82. The molecule has 0 aliphatic rings. The predicted molar refractivity (Wildman–Crippen MR) is 41.4 cm³/mol. The number of nitrogens with two attached hydrogens (primary N) is 2. The zero-order chi connectivity index (χ0) is 8.43. The fourth-order valence-electron chi connectivity index (χ4n) is 0.682. The Balaban J connectivity index is 3.23. The van der Waals surface area contributed by atoms with Gasteiger partial charge in [-0.25, -0.2) is 13.7 Å². The van der Waals surface area contributed by atoms with Crippen LogP contribution in [-0.2, 0) is 11.0 Å². The smallest absolute Gasteiger partial charge is 0.124 e. The van der Waals surface area contributed by atoms with Gasteiger partial charge in [-0.1, -0.05) is 0 Å². The highest BCUT2D eigenvalue weighted by Gasteiger charge is 2.04. The van der Waals surface area contributed by atoms with Crippen LogP contribution in [0.2, 0.25) is 0 Å². The third kappa shape index (κ3) is 1.75. The second-order valence-corrected chi connectivity index (χ2v) is 3.01. The van der Waals surface area contributed by atoms with E-state index in [0.717, 1.165) is 6.07 Å². The summed E-state index contributed by atoms with van der Waals surface area (Å²) < 4.78 is 23.1. The zero-order valence-electron chi connectivity index (χ0n) is 5.58. The molecule has 0 saturated carbocycles. The van der Waals surface area contributed by atoms with Gasteiger partial charge in [-0.15, -0.1) is 0 Å². The maximum Gasteiger partial charge on any atom is 0.124 e. The van der Waals surface area contributed by atoms with E-state index in [9.17, 15) is 8.60 Å². The van der Waals surface area contributed by atoms with E-state index in [4.69, 9.17) is 10.9 Å². The molecule has 0 aliphatic heterocycles. The molecule has 0 bridgehead atoms. The summed E-state index contributed by atoms with van der Waals surface area (Å²) in [7, 11) is -1.72. The quantitative estimate of drug-likeness (QED) is 0.604. The maximum absolute atomic E-state index is 12.5. The van der Waals surface area contributed by atoms with Crippen LogP contribution in [0.15, 0.2) is 23.1 Å². The fraction of sp³-hybridized carbons (Fsp3) is 0. The van der Waals surface area contributed by atoms with Gasteiger partial charge in [-0.3, -0.25) is 0 Å². The first-order valence-corrected chi connectivity index (χ1v) is 4.04. The summed E-state index contributed by atoms with van der Waals surface area (Å²) in [6.07, 6.45) is 0. The predicted octanol–water partition coefficient (Wildman–Crippen LogP) is 0.389. The molecule has 0 spiro atoms. The molecule has 5 heteroatoms. The SMILES string of the molecule is Nc1ccc(F)cc1S(N)=O. The molecule has 60 valence electrons. The summed E-state index contributed by atoms with van der Waals surface area (Å²) in [5, 5.41) is 5.01.